The molecule has 0 radical (unpaired) electrons. The predicted molar refractivity (Wildman–Crippen MR) is 110 cm³/mol. The van der Waals surface area contributed by atoms with E-state index in [1.54, 1.807) is 0 Å². The normalized spacial score (nSPS) is 22.4. The summed E-state index contributed by atoms with van der Waals surface area (Å²) >= 11 is 1.43. The van der Waals surface area contributed by atoms with E-state index in [0.29, 0.717) is 24.1 Å². The summed E-state index contributed by atoms with van der Waals surface area (Å²) in [5, 5.41) is 12.6. The van der Waals surface area contributed by atoms with Gasteiger partial charge in [-0.15, -0.1) is 16.8 Å². The van der Waals surface area contributed by atoms with Gasteiger partial charge in [0, 0.05) is 18.2 Å². The maximum Gasteiger partial charge on any atom is 0.230 e. The number of benzene rings is 1. The lowest BCUT2D eigenvalue weighted by atomic mass is 9.78. The molecule has 3 rings (SSSR count). The highest BCUT2D eigenvalue weighted by atomic mass is 32.2. The van der Waals surface area contributed by atoms with Crippen LogP contribution in [0.5, 0.6) is 0 Å². The van der Waals surface area contributed by atoms with Crippen molar-refractivity contribution in [3.05, 3.63) is 43.0 Å². The number of aromatic nitrogens is 3. The molecule has 1 saturated carbocycles. The maximum absolute atomic E-state index is 12.5. The molecule has 1 aliphatic carbocycles. The number of nitrogens with one attached hydrogen (secondary N) is 1. The molecule has 1 heterocycles. The van der Waals surface area contributed by atoms with Crippen molar-refractivity contribution in [2.24, 2.45) is 11.8 Å². The highest BCUT2D eigenvalue weighted by molar-refractivity contribution is 7.99. The SMILES string of the molecule is C=CCn1c(SCC(=O)N[C@H]2CCC[C@@H](C)[C@H]2C)nnc1-c1ccccc1. The van der Waals surface area contributed by atoms with Gasteiger partial charge in [-0.1, -0.05) is 74.9 Å². The second kappa shape index (κ2) is 9.22. The Labute approximate surface area is 165 Å². The molecule has 27 heavy (non-hydrogen) atoms. The van der Waals surface area contributed by atoms with E-state index in [1.807, 2.05) is 41.0 Å². The van der Waals surface area contributed by atoms with Crippen LogP contribution in [0.15, 0.2) is 48.1 Å². The zero-order valence-corrected chi connectivity index (χ0v) is 16.9. The molecule has 2 aromatic rings. The van der Waals surface area contributed by atoms with E-state index in [2.05, 4.69) is 35.9 Å². The van der Waals surface area contributed by atoms with Crippen molar-refractivity contribution in [1.82, 2.24) is 20.1 Å². The van der Waals surface area contributed by atoms with Crippen LogP contribution in [-0.4, -0.2) is 32.5 Å². The first-order valence-electron chi connectivity index (χ1n) is 9.61. The van der Waals surface area contributed by atoms with Crippen LogP contribution in [0.3, 0.4) is 0 Å². The first-order valence-corrected chi connectivity index (χ1v) is 10.6. The molecule has 1 aromatic carbocycles. The Hall–Kier alpha value is -2.08. The number of hydrogen-bond donors (Lipinski definition) is 1. The Balaban J connectivity index is 1.64. The van der Waals surface area contributed by atoms with E-state index in [1.165, 1.54) is 24.6 Å². The molecular formula is C21H28N4OS. The smallest absolute Gasteiger partial charge is 0.230 e. The van der Waals surface area contributed by atoms with Crippen molar-refractivity contribution in [2.45, 2.75) is 50.9 Å². The first kappa shape index (κ1) is 19.7. The molecule has 1 N–H and O–H groups in total. The Morgan fingerprint density at radius 1 is 1.30 bits per heavy atom. The van der Waals surface area contributed by atoms with E-state index < -0.39 is 0 Å². The third-order valence-electron chi connectivity index (χ3n) is 5.45. The molecule has 0 unspecified atom stereocenters. The monoisotopic (exact) mass is 384 g/mol. The molecule has 6 heteroatoms. The quantitative estimate of drug-likeness (QED) is 0.575. The van der Waals surface area contributed by atoms with Crippen molar-refractivity contribution in [3.63, 3.8) is 0 Å². The number of amides is 1. The van der Waals surface area contributed by atoms with Gasteiger partial charge in [0.25, 0.3) is 0 Å². The number of carbonyl (C=O) groups is 1. The summed E-state index contributed by atoms with van der Waals surface area (Å²) in [6.07, 6.45) is 5.35. The van der Waals surface area contributed by atoms with Gasteiger partial charge in [-0.2, -0.15) is 0 Å². The van der Waals surface area contributed by atoms with Gasteiger partial charge in [0.05, 0.1) is 5.75 Å². The lowest BCUT2D eigenvalue weighted by Crippen LogP contribution is -2.44. The molecule has 0 saturated heterocycles. The number of nitrogens with zero attached hydrogens (tertiary/aromatic N) is 3. The molecule has 144 valence electrons. The van der Waals surface area contributed by atoms with Gasteiger partial charge in [-0.05, 0) is 18.3 Å². The lowest BCUT2D eigenvalue weighted by Gasteiger charge is -2.34. The molecule has 0 spiro atoms. The highest BCUT2D eigenvalue weighted by Gasteiger charge is 2.28. The third kappa shape index (κ3) is 4.80. The largest absolute Gasteiger partial charge is 0.352 e. The van der Waals surface area contributed by atoms with Gasteiger partial charge in [-0.25, -0.2) is 0 Å². The summed E-state index contributed by atoms with van der Waals surface area (Å²) < 4.78 is 2.01. The summed E-state index contributed by atoms with van der Waals surface area (Å²) in [5.41, 5.74) is 1.01. The number of hydrogen-bond acceptors (Lipinski definition) is 4. The van der Waals surface area contributed by atoms with Gasteiger partial charge < -0.3 is 5.32 Å². The van der Waals surface area contributed by atoms with Crippen LogP contribution in [0.1, 0.15) is 33.1 Å². The van der Waals surface area contributed by atoms with Crippen molar-refractivity contribution in [1.29, 1.82) is 0 Å². The Bertz CT molecular complexity index is 774. The van der Waals surface area contributed by atoms with E-state index in [0.717, 1.165) is 23.0 Å². The fourth-order valence-electron chi connectivity index (χ4n) is 3.65. The lowest BCUT2D eigenvalue weighted by molar-refractivity contribution is -0.120. The summed E-state index contributed by atoms with van der Waals surface area (Å²) in [7, 11) is 0. The molecule has 5 nitrogen and oxygen atoms in total. The van der Waals surface area contributed by atoms with Gasteiger partial charge in [0.1, 0.15) is 0 Å². The predicted octanol–water partition coefficient (Wildman–Crippen LogP) is 4.16. The van der Waals surface area contributed by atoms with Crippen LogP contribution in [0.25, 0.3) is 11.4 Å². The minimum atomic E-state index is 0.0698. The first-order chi connectivity index (χ1) is 13.1. The molecule has 0 bridgehead atoms. The van der Waals surface area contributed by atoms with Gasteiger partial charge in [-0.3, -0.25) is 9.36 Å². The fourth-order valence-corrected chi connectivity index (χ4v) is 4.41. The van der Waals surface area contributed by atoms with E-state index >= 15 is 0 Å². The molecule has 1 fully saturated rings. The molecule has 3 atom stereocenters. The van der Waals surface area contributed by atoms with Crippen molar-refractivity contribution in [3.8, 4) is 11.4 Å². The van der Waals surface area contributed by atoms with Crippen LogP contribution in [0.2, 0.25) is 0 Å². The maximum atomic E-state index is 12.5. The topological polar surface area (TPSA) is 59.8 Å². The van der Waals surface area contributed by atoms with Gasteiger partial charge in [0.2, 0.25) is 5.91 Å². The molecule has 1 aromatic heterocycles. The zero-order chi connectivity index (χ0) is 19.2. The fraction of sp³-hybridized carbons (Fsp3) is 0.476. The summed E-state index contributed by atoms with van der Waals surface area (Å²) in [6, 6.07) is 10.2. The number of carbonyl (C=O) groups excluding carboxylic acids is 1. The Morgan fingerprint density at radius 3 is 2.81 bits per heavy atom. The average Bonchev–Trinajstić information content (AvgIpc) is 3.07. The number of thioether (sulfide) groups is 1. The van der Waals surface area contributed by atoms with Crippen LogP contribution in [0, 0.1) is 11.8 Å². The van der Waals surface area contributed by atoms with Crippen molar-refractivity contribution in [2.75, 3.05) is 5.75 Å². The van der Waals surface area contributed by atoms with Gasteiger partial charge >= 0.3 is 0 Å². The van der Waals surface area contributed by atoms with Crippen LogP contribution < -0.4 is 5.32 Å². The third-order valence-corrected chi connectivity index (χ3v) is 6.41. The number of allylic oxidation sites excluding steroid dienone is 1. The molecule has 1 amide bonds. The Kier molecular flexibility index (Phi) is 6.72. The minimum absolute atomic E-state index is 0.0698. The Morgan fingerprint density at radius 2 is 2.07 bits per heavy atom. The summed E-state index contributed by atoms with van der Waals surface area (Å²) in [6.45, 7) is 8.97. The van der Waals surface area contributed by atoms with Crippen LogP contribution >= 0.6 is 11.8 Å². The van der Waals surface area contributed by atoms with Crippen molar-refractivity contribution < 1.29 is 4.79 Å². The second-order valence-electron chi connectivity index (χ2n) is 7.30. The summed E-state index contributed by atoms with van der Waals surface area (Å²) in [4.78, 5) is 12.5. The van der Waals surface area contributed by atoms with Crippen LogP contribution in [-0.2, 0) is 11.3 Å². The standard InChI is InChI=1S/C21H28N4OS/c1-4-13-25-20(17-10-6-5-7-11-17)23-24-21(25)27-14-19(26)22-18-12-8-9-15(2)16(18)3/h4-7,10-11,15-16,18H,1,8-9,12-14H2,2-3H3,(H,22,26)/t15-,16-,18+/m1/s1. The van der Waals surface area contributed by atoms with E-state index in [4.69, 9.17) is 0 Å². The minimum Gasteiger partial charge on any atom is -0.352 e. The van der Waals surface area contributed by atoms with E-state index in [9.17, 15) is 4.79 Å². The van der Waals surface area contributed by atoms with E-state index in [-0.39, 0.29) is 11.9 Å². The highest BCUT2D eigenvalue weighted by Crippen LogP contribution is 2.30. The van der Waals surface area contributed by atoms with Gasteiger partial charge in [0.15, 0.2) is 11.0 Å². The van der Waals surface area contributed by atoms with Crippen molar-refractivity contribution >= 4 is 17.7 Å². The second-order valence-corrected chi connectivity index (χ2v) is 8.24. The average molecular weight is 385 g/mol. The molecule has 0 aliphatic heterocycles. The molecule has 1 aliphatic rings. The zero-order valence-electron chi connectivity index (χ0n) is 16.1. The number of rotatable bonds is 7. The molecular weight excluding hydrogens is 356 g/mol. The van der Waals surface area contributed by atoms with Crippen LogP contribution in [0.4, 0.5) is 0 Å². The summed E-state index contributed by atoms with van der Waals surface area (Å²) in [5.74, 6) is 2.41.